The first-order chi connectivity index (χ1) is 9.49. The largest absolute Gasteiger partial charge is 0.339 e. The molecule has 1 aliphatic heterocycles. The van der Waals surface area contributed by atoms with E-state index in [-0.39, 0.29) is 17.3 Å². The van der Waals surface area contributed by atoms with E-state index in [0.29, 0.717) is 13.1 Å². The number of hydrogen-bond acceptors (Lipinski definition) is 4. The molecule has 2 N–H and O–H groups in total. The van der Waals surface area contributed by atoms with E-state index in [1.807, 2.05) is 0 Å². The Hall–Kier alpha value is -0.710. The molecule has 1 aromatic rings. The zero-order valence-electron chi connectivity index (χ0n) is 10.8. The highest BCUT2D eigenvalue weighted by molar-refractivity contribution is 14.1. The number of rotatable bonds is 4. The second-order valence-corrected chi connectivity index (χ2v) is 7.42. The highest BCUT2D eigenvalue weighted by Crippen LogP contribution is 2.11. The van der Waals surface area contributed by atoms with Gasteiger partial charge in [0.15, 0.2) is 0 Å². The lowest BCUT2D eigenvalue weighted by atomic mass is 10.3. The van der Waals surface area contributed by atoms with Gasteiger partial charge in [-0.2, -0.15) is 0 Å². The standard InChI is InChI=1S/C12H16IN3O3S/c13-10-1-3-11(4-2-10)20(18,19)15-9-12(17)16-7-5-14-6-8-16/h1-4,14-15H,5-9H2. The summed E-state index contributed by atoms with van der Waals surface area (Å²) in [6.07, 6.45) is 0. The van der Waals surface area contributed by atoms with Crippen molar-refractivity contribution in [3.05, 3.63) is 27.8 Å². The molecule has 2 rings (SSSR count). The number of piperazine rings is 1. The molecule has 6 nitrogen and oxygen atoms in total. The zero-order valence-corrected chi connectivity index (χ0v) is 13.8. The third kappa shape index (κ3) is 4.14. The fraction of sp³-hybridized carbons (Fsp3) is 0.417. The van der Waals surface area contributed by atoms with Crippen molar-refractivity contribution in [3.63, 3.8) is 0 Å². The van der Waals surface area contributed by atoms with Gasteiger partial charge in [-0.3, -0.25) is 4.79 Å². The number of nitrogens with zero attached hydrogens (tertiary/aromatic N) is 1. The number of carbonyl (C=O) groups is 1. The minimum Gasteiger partial charge on any atom is -0.339 e. The summed E-state index contributed by atoms with van der Waals surface area (Å²) in [5.41, 5.74) is 0. The lowest BCUT2D eigenvalue weighted by molar-refractivity contribution is -0.130. The van der Waals surface area contributed by atoms with E-state index in [2.05, 4.69) is 32.6 Å². The molecule has 0 unspecified atom stereocenters. The van der Waals surface area contributed by atoms with Crippen LogP contribution in [0.15, 0.2) is 29.2 Å². The summed E-state index contributed by atoms with van der Waals surface area (Å²) in [5.74, 6) is -0.194. The van der Waals surface area contributed by atoms with Gasteiger partial charge in [0.1, 0.15) is 0 Å². The number of sulfonamides is 1. The summed E-state index contributed by atoms with van der Waals surface area (Å²) in [4.78, 5) is 13.7. The van der Waals surface area contributed by atoms with E-state index in [0.717, 1.165) is 16.7 Å². The normalized spacial score (nSPS) is 16.1. The molecule has 1 saturated heterocycles. The lowest BCUT2D eigenvalue weighted by Crippen LogP contribution is -2.49. The second-order valence-electron chi connectivity index (χ2n) is 4.41. The summed E-state index contributed by atoms with van der Waals surface area (Å²) in [6.45, 7) is 2.52. The molecule has 1 fully saturated rings. The highest BCUT2D eigenvalue weighted by Gasteiger charge is 2.19. The Kier molecular flexibility index (Phi) is 5.35. The van der Waals surface area contributed by atoms with Crippen molar-refractivity contribution in [3.8, 4) is 0 Å². The molecule has 0 spiro atoms. The van der Waals surface area contributed by atoms with Crippen molar-refractivity contribution in [1.29, 1.82) is 0 Å². The molecule has 110 valence electrons. The van der Waals surface area contributed by atoms with Crippen molar-refractivity contribution < 1.29 is 13.2 Å². The molecular weight excluding hydrogens is 393 g/mol. The Morgan fingerprint density at radius 2 is 1.85 bits per heavy atom. The third-order valence-electron chi connectivity index (χ3n) is 3.01. The predicted molar refractivity (Wildman–Crippen MR) is 83.8 cm³/mol. The van der Waals surface area contributed by atoms with E-state index in [4.69, 9.17) is 0 Å². The minimum atomic E-state index is -3.63. The van der Waals surface area contributed by atoms with Crippen LogP contribution in [-0.4, -0.2) is 51.9 Å². The van der Waals surface area contributed by atoms with Gasteiger partial charge >= 0.3 is 0 Å². The van der Waals surface area contributed by atoms with Crippen LogP contribution in [0.2, 0.25) is 0 Å². The Morgan fingerprint density at radius 3 is 2.45 bits per heavy atom. The Bertz CT molecular complexity index is 568. The topological polar surface area (TPSA) is 78.5 Å². The minimum absolute atomic E-state index is 0.172. The molecule has 0 saturated carbocycles. The Morgan fingerprint density at radius 1 is 1.25 bits per heavy atom. The van der Waals surface area contributed by atoms with Crippen molar-refractivity contribution in [2.45, 2.75) is 4.90 Å². The van der Waals surface area contributed by atoms with Crippen LogP contribution in [0.25, 0.3) is 0 Å². The molecular formula is C12H16IN3O3S. The number of hydrogen-bond donors (Lipinski definition) is 2. The molecule has 1 aromatic carbocycles. The Labute approximate surface area is 132 Å². The van der Waals surface area contributed by atoms with Gasteiger partial charge < -0.3 is 10.2 Å². The molecule has 0 bridgehead atoms. The van der Waals surface area contributed by atoms with E-state index < -0.39 is 10.0 Å². The molecule has 20 heavy (non-hydrogen) atoms. The van der Waals surface area contributed by atoms with Crippen LogP contribution in [0.4, 0.5) is 0 Å². The monoisotopic (exact) mass is 409 g/mol. The van der Waals surface area contributed by atoms with Crippen molar-refractivity contribution in [2.24, 2.45) is 0 Å². The van der Waals surface area contributed by atoms with E-state index in [1.54, 1.807) is 17.0 Å². The van der Waals surface area contributed by atoms with Gasteiger partial charge in [-0.15, -0.1) is 0 Å². The first kappa shape index (κ1) is 15.7. The zero-order chi connectivity index (χ0) is 14.6. The highest BCUT2D eigenvalue weighted by atomic mass is 127. The number of halogens is 1. The SMILES string of the molecule is O=C(CNS(=O)(=O)c1ccc(I)cc1)N1CCNCC1. The second kappa shape index (κ2) is 6.83. The summed E-state index contributed by atoms with van der Waals surface area (Å²) in [6, 6.07) is 6.49. The predicted octanol–water partition coefficient (Wildman–Crippen LogP) is 0.00130. The first-order valence-corrected chi connectivity index (χ1v) is 8.79. The first-order valence-electron chi connectivity index (χ1n) is 6.23. The van der Waals surface area contributed by atoms with Crippen LogP contribution in [0.3, 0.4) is 0 Å². The van der Waals surface area contributed by atoms with Crippen molar-refractivity contribution >= 4 is 38.5 Å². The molecule has 0 aliphatic carbocycles. The number of nitrogens with one attached hydrogen (secondary N) is 2. The summed E-state index contributed by atoms with van der Waals surface area (Å²) in [7, 11) is -3.63. The fourth-order valence-electron chi connectivity index (χ4n) is 1.88. The van der Waals surface area contributed by atoms with E-state index in [9.17, 15) is 13.2 Å². The van der Waals surface area contributed by atoms with Gasteiger partial charge in [0.05, 0.1) is 11.4 Å². The van der Waals surface area contributed by atoms with Gasteiger partial charge in [0, 0.05) is 29.7 Å². The number of amides is 1. The van der Waals surface area contributed by atoms with Crippen LogP contribution in [0.1, 0.15) is 0 Å². The summed E-state index contributed by atoms with van der Waals surface area (Å²) < 4.78 is 27.4. The van der Waals surface area contributed by atoms with Crippen LogP contribution in [0, 0.1) is 3.57 Å². The molecule has 0 aromatic heterocycles. The molecule has 1 heterocycles. The van der Waals surface area contributed by atoms with Crippen molar-refractivity contribution in [2.75, 3.05) is 32.7 Å². The maximum absolute atomic E-state index is 12.0. The third-order valence-corrected chi connectivity index (χ3v) is 5.14. The molecule has 8 heteroatoms. The van der Waals surface area contributed by atoms with Crippen LogP contribution in [-0.2, 0) is 14.8 Å². The van der Waals surface area contributed by atoms with Crippen LogP contribution in [0.5, 0.6) is 0 Å². The lowest BCUT2D eigenvalue weighted by Gasteiger charge is -2.27. The van der Waals surface area contributed by atoms with Gasteiger partial charge in [-0.05, 0) is 46.9 Å². The van der Waals surface area contributed by atoms with Crippen LogP contribution < -0.4 is 10.0 Å². The van der Waals surface area contributed by atoms with E-state index >= 15 is 0 Å². The van der Waals surface area contributed by atoms with Crippen LogP contribution >= 0.6 is 22.6 Å². The summed E-state index contributed by atoms with van der Waals surface area (Å²) in [5, 5.41) is 3.14. The fourth-order valence-corrected chi connectivity index (χ4v) is 3.21. The van der Waals surface area contributed by atoms with Gasteiger partial charge in [-0.25, -0.2) is 13.1 Å². The Balaban J connectivity index is 1.95. The van der Waals surface area contributed by atoms with Crippen molar-refractivity contribution in [1.82, 2.24) is 14.9 Å². The van der Waals surface area contributed by atoms with Gasteiger partial charge in [0.25, 0.3) is 0 Å². The molecule has 1 aliphatic rings. The average molecular weight is 409 g/mol. The van der Waals surface area contributed by atoms with Gasteiger partial charge in [-0.1, -0.05) is 0 Å². The van der Waals surface area contributed by atoms with E-state index in [1.165, 1.54) is 12.1 Å². The number of benzene rings is 1. The molecule has 1 amide bonds. The molecule has 0 atom stereocenters. The van der Waals surface area contributed by atoms with Gasteiger partial charge in [0.2, 0.25) is 15.9 Å². The smallest absolute Gasteiger partial charge is 0.241 e. The number of carbonyl (C=O) groups excluding carboxylic acids is 1. The quantitative estimate of drug-likeness (QED) is 0.687. The summed E-state index contributed by atoms with van der Waals surface area (Å²) >= 11 is 2.10. The average Bonchev–Trinajstić information content (AvgIpc) is 2.46. The maximum Gasteiger partial charge on any atom is 0.241 e. The molecule has 0 radical (unpaired) electrons. The maximum atomic E-state index is 12.0.